The lowest BCUT2D eigenvalue weighted by Crippen LogP contribution is -2.37. The van der Waals surface area contributed by atoms with Crippen molar-refractivity contribution in [2.24, 2.45) is 16.2 Å². The molecule has 38 heavy (non-hydrogen) atoms. The number of carbonyl (C=O) groups is 3. The average molecular weight is 533 g/mol. The highest BCUT2D eigenvalue weighted by Crippen LogP contribution is 2.16. The molecule has 2 aliphatic heterocycles. The predicted molar refractivity (Wildman–Crippen MR) is 165 cm³/mol. The van der Waals surface area contributed by atoms with Crippen molar-refractivity contribution in [3.63, 3.8) is 0 Å². The van der Waals surface area contributed by atoms with Crippen molar-refractivity contribution in [1.82, 2.24) is 9.80 Å². The third-order valence-electron chi connectivity index (χ3n) is 5.95. The summed E-state index contributed by atoms with van der Waals surface area (Å²) in [7, 11) is 0. The van der Waals surface area contributed by atoms with Crippen molar-refractivity contribution in [3.05, 3.63) is 24.3 Å². The van der Waals surface area contributed by atoms with E-state index in [2.05, 4.69) is 15.7 Å². The normalized spacial score (nSPS) is 16.4. The van der Waals surface area contributed by atoms with Crippen LogP contribution in [0.2, 0.25) is 0 Å². The van der Waals surface area contributed by atoms with Crippen LogP contribution in [0.5, 0.6) is 0 Å². The third-order valence-corrected chi connectivity index (χ3v) is 5.95. The Morgan fingerprint density at radius 2 is 0.974 bits per heavy atom. The highest BCUT2D eigenvalue weighted by atomic mass is 16.1. The summed E-state index contributed by atoms with van der Waals surface area (Å²) in [5.74, 6) is 2.36. The van der Waals surface area contributed by atoms with E-state index < -0.39 is 0 Å². The molecule has 2 aliphatic rings. The maximum absolute atomic E-state index is 11.6. The van der Waals surface area contributed by atoms with Crippen LogP contribution in [0.25, 0.3) is 0 Å². The standard InChI is InChI=1S/C13H23NO.C11H19NO.C7H10O.2CH4/c1-13(2,3)12(15)8-7-11-14-9-5-4-6-10-14;1-11(2,3)10(13)6-4-7-12-8-5-9-12;1-5-6(8)7(2,3)4;;/h7-8H,4-6,9-11H2,1-3H3;4,6H,5,7-9H2,1-3H3;1H,2-4H3;2*1H4/b8-7+;6-4+;;;. The number of hydrogen-bond donors (Lipinski definition) is 0. The van der Waals surface area contributed by atoms with Crippen LogP contribution in [0.4, 0.5) is 0 Å². The van der Waals surface area contributed by atoms with Gasteiger partial charge in [0.05, 0.1) is 0 Å². The Balaban J connectivity index is -0.000000492. The molecule has 0 bridgehead atoms. The number of nitrogens with zero attached hydrogens (tertiary/aromatic N) is 2. The molecule has 0 aromatic rings. The van der Waals surface area contributed by atoms with Crippen LogP contribution < -0.4 is 0 Å². The molecule has 0 N–H and O–H groups in total. The van der Waals surface area contributed by atoms with Gasteiger partial charge in [-0.25, -0.2) is 0 Å². The molecule has 0 spiro atoms. The molecule has 0 amide bonds. The van der Waals surface area contributed by atoms with Gasteiger partial charge in [0, 0.05) is 29.3 Å². The Morgan fingerprint density at radius 1 is 0.632 bits per heavy atom. The molecule has 2 rings (SSSR count). The van der Waals surface area contributed by atoms with Crippen LogP contribution in [-0.4, -0.2) is 66.4 Å². The smallest absolute Gasteiger partial charge is 0.210 e. The van der Waals surface area contributed by atoms with Crippen LogP contribution in [0.3, 0.4) is 0 Å². The van der Waals surface area contributed by atoms with Crippen molar-refractivity contribution in [2.75, 3.05) is 39.3 Å². The molecule has 0 radical (unpaired) electrons. The molecule has 5 nitrogen and oxygen atoms in total. The number of rotatable bonds is 6. The van der Waals surface area contributed by atoms with Crippen LogP contribution in [0.15, 0.2) is 24.3 Å². The van der Waals surface area contributed by atoms with E-state index >= 15 is 0 Å². The number of allylic oxidation sites excluding steroid dienone is 2. The van der Waals surface area contributed by atoms with E-state index in [9.17, 15) is 14.4 Å². The van der Waals surface area contributed by atoms with E-state index in [1.165, 1.54) is 51.9 Å². The zero-order valence-electron chi connectivity index (χ0n) is 24.6. The first-order valence-corrected chi connectivity index (χ1v) is 13.4. The van der Waals surface area contributed by atoms with Gasteiger partial charge in [0.15, 0.2) is 11.6 Å². The SMILES string of the molecule is C.C.C#CC(=O)C(C)(C)C.CC(C)(C)C(=O)/C=C/CN1CCC1.CC(C)(C)C(=O)/C=C/CN1CCCCC1. The van der Waals surface area contributed by atoms with E-state index in [0.29, 0.717) is 0 Å². The minimum atomic E-state index is -0.366. The van der Waals surface area contributed by atoms with E-state index in [0.717, 1.165) is 13.1 Å². The van der Waals surface area contributed by atoms with Gasteiger partial charge in [-0.2, -0.15) is 0 Å². The van der Waals surface area contributed by atoms with Crippen LogP contribution in [0.1, 0.15) is 103 Å². The largest absolute Gasteiger partial charge is 0.300 e. The highest BCUT2D eigenvalue weighted by Gasteiger charge is 2.19. The Bertz CT molecular complexity index is 786. The molecule has 0 aliphatic carbocycles. The van der Waals surface area contributed by atoms with Crippen molar-refractivity contribution < 1.29 is 14.4 Å². The van der Waals surface area contributed by atoms with Gasteiger partial charge in [0.1, 0.15) is 0 Å². The summed E-state index contributed by atoms with van der Waals surface area (Å²) in [5.41, 5.74) is -0.835. The minimum absolute atomic E-state index is 0. The maximum Gasteiger partial charge on any atom is 0.210 e. The van der Waals surface area contributed by atoms with Crippen LogP contribution in [0, 0.1) is 28.6 Å². The van der Waals surface area contributed by atoms with Gasteiger partial charge in [-0.3, -0.25) is 24.2 Å². The summed E-state index contributed by atoms with van der Waals surface area (Å²) >= 11 is 0. The van der Waals surface area contributed by atoms with Crippen molar-refractivity contribution in [1.29, 1.82) is 0 Å². The summed E-state index contributed by atoms with van der Waals surface area (Å²) < 4.78 is 0. The number of carbonyl (C=O) groups excluding carboxylic acids is 3. The fourth-order valence-corrected chi connectivity index (χ4v) is 3.04. The molecule has 220 valence electrons. The fourth-order valence-electron chi connectivity index (χ4n) is 3.04. The van der Waals surface area contributed by atoms with E-state index in [4.69, 9.17) is 6.42 Å². The van der Waals surface area contributed by atoms with E-state index in [1.54, 1.807) is 32.9 Å². The summed E-state index contributed by atoms with van der Waals surface area (Å²) in [6, 6.07) is 0. The van der Waals surface area contributed by atoms with Crippen molar-refractivity contribution in [3.8, 4) is 12.3 Å². The van der Waals surface area contributed by atoms with Gasteiger partial charge in [-0.1, -0.05) is 95.7 Å². The zero-order valence-corrected chi connectivity index (χ0v) is 24.6. The molecular formula is C33H60N2O3. The maximum atomic E-state index is 11.6. The summed E-state index contributed by atoms with van der Waals surface area (Å²) in [6.45, 7) is 23.7. The van der Waals surface area contributed by atoms with Gasteiger partial charge in [-0.05, 0) is 63.5 Å². The van der Waals surface area contributed by atoms with Crippen LogP contribution >= 0.6 is 0 Å². The lowest BCUT2D eigenvalue weighted by atomic mass is 9.90. The van der Waals surface area contributed by atoms with Crippen molar-refractivity contribution in [2.45, 2.75) is 103 Å². The predicted octanol–water partition coefficient (Wildman–Crippen LogP) is 7.01. The van der Waals surface area contributed by atoms with Crippen molar-refractivity contribution >= 4 is 17.3 Å². The second-order valence-electron chi connectivity index (χ2n) is 12.8. The first kappa shape index (κ1) is 40.5. The molecular weight excluding hydrogens is 472 g/mol. The lowest BCUT2D eigenvalue weighted by molar-refractivity contribution is -0.122. The second-order valence-corrected chi connectivity index (χ2v) is 12.8. The second kappa shape index (κ2) is 19.1. The quantitative estimate of drug-likeness (QED) is 0.209. The minimum Gasteiger partial charge on any atom is -0.300 e. The topological polar surface area (TPSA) is 57.7 Å². The molecule has 0 atom stereocenters. The molecule has 2 fully saturated rings. The number of piperidine rings is 1. The molecule has 2 heterocycles. The van der Waals surface area contributed by atoms with E-state index in [1.807, 2.05) is 53.7 Å². The first-order chi connectivity index (χ1) is 16.5. The number of likely N-dealkylation sites (tertiary alicyclic amines) is 2. The Kier molecular flexibility index (Phi) is 20.3. The van der Waals surface area contributed by atoms with Gasteiger partial charge in [0.25, 0.3) is 0 Å². The van der Waals surface area contributed by atoms with Gasteiger partial charge in [0.2, 0.25) is 5.78 Å². The molecule has 0 unspecified atom stereocenters. The fraction of sp³-hybridized carbons (Fsp3) is 0.727. The molecule has 0 aromatic heterocycles. The Labute approximate surface area is 236 Å². The molecule has 0 saturated carbocycles. The number of terminal acetylenes is 1. The zero-order chi connectivity index (χ0) is 28.0. The number of hydrogen-bond acceptors (Lipinski definition) is 5. The Morgan fingerprint density at radius 3 is 1.18 bits per heavy atom. The summed E-state index contributed by atoms with van der Waals surface area (Å²) in [6.07, 6.45) is 17.6. The molecule has 0 aromatic carbocycles. The molecule has 5 heteroatoms. The van der Waals surface area contributed by atoms with Crippen LogP contribution in [-0.2, 0) is 14.4 Å². The highest BCUT2D eigenvalue weighted by molar-refractivity contribution is 5.98. The first-order valence-electron chi connectivity index (χ1n) is 13.4. The Hall–Kier alpha value is -2.03. The third kappa shape index (κ3) is 19.1. The van der Waals surface area contributed by atoms with Gasteiger partial charge >= 0.3 is 0 Å². The summed E-state index contributed by atoms with van der Waals surface area (Å²) in [5, 5.41) is 0. The molecule has 2 saturated heterocycles. The number of Topliss-reactive ketones (excluding diaryl/α,β-unsaturated/α-hetero) is 1. The number of ketones is 3. The van der Waals surface area contributed by atoms with E-state index in [-0.39, 0.29) is 48.4 Å². The summed E-state index contributed by atoms with van der Waals surface area (Å²) in [4.78, 5) is 38.4. The van der Waals surface area contributed by atoms with Gasteiger partial charge < -0.3 is 0 Å². The van der Waals surface area contributed by atoms with Gasteiger partial charge in [-0.15, -0.1) is 6.42 Å². The lowest BCUT2D eigenvalue weighted by Gasteiger charge is -2.29. The monoisotopic (exact) mass is 532 g/mol. The average Bonchev–Trinajstić information content (AvgIpc) is 2.74.